The fourth-order valence-electron chi connectivity index (χ4n) is 2.22. The van der Waals surface area contributed by atoms with Crippen LogP contribution in [-0.2, 0) is 13.0 Å². The molecule has 1 aromatic carbocycles. The Kier molecular flexibility index (Phi) is 5.51. The molecule has 2 rings (SSSR count). The third kappa shape index (κ3) is 4.16. The van der Waals surface area contributed by atoms with Crippen LogP contribution in [0.25, 0.3) is 0 Å². The summed E-state index contributed by atoms with van der Waals surface area (Å²) in [6.07, 6.45) is 4.82. The van der Waals surface area contributed by atoms with Gasteiger partial charge in [0.2, 0.25) is 0 Å². The normalized spacial score (nSPS) is 12.1. The molecule has 0 spiro atoms. The highest BCUT2D eigenvalue weighted by atomic mass is 16.3. The average molecular weight is 287 g/mol. The number of hydrogen-bond acceptors (Lipinski definition) is 4. The van der Waals surface area contributed by atoms with Crippen molar-refractivity contribution < 1.29 is 5.11 Å². The van der Waals surface area contributed by atoms with Crippen molar-refractivity contribution in [1.82, 2.24) is 9.55 Å². The lowest BCUT2D eigenvalue weighted by molar-refractivity contribution is 0.273. The monoisotopic (exact) mass is 287 g/mol. The molecule has 0 bridgehead atoms. The van der Waals surface area contributed by atoms with Crippen molar-refractivity contribution in [2.24, 2.45) is 0 Å². The van der Waals surface area contributed by atoms with E-state index in [4.69, 9.17) is 0 Å². The van der Waals surface area contributed by atoms with Crippen LogP contribution in [0.4, 0.5) is 5.82 Å². The standard InChI is InChI=1S/C16H21N3O2/c1-2-9-19-10-8-17-15(16(19)21)18-14(12-20)11-13-6-4-3-5-7-13/h3-8,10,14,20H,2,9,11-12H2,1H3,(H,17,18). The number of benzene rings is 1. The Labute approximate surface area is 124 Å². The van der Waals surface area contributed by atoms with Crippen molar-refractivity contribution in [1.29, 1.82) is 0 Å². The van der Waals surface area contributed by atoms with E-state index in [-0.39, 0.29) is 18.2 Å². The number of nitrogens with one attached hydrogen (secondary N) is 1. The Morgan fingerprint density at radius 2 is 2.10 bits per heavy atom. The van der Waals surface area contributed by atoms with Crippen LogP contribution in [0, 0.1) is 0 Å². The molecule has 0 saturated heterocycles. The topological polar surface area (TPSA) is 67.2 Å². The summed E-state index contributed by atoms with van der Waals surface area (Å²) >= 11 is 0. The SMILES string of the molecule is CCCn1ccnc(NC(CO)Cc2ccccc2)c1=O. The lowest BCUT2D eigenvalue weighted by atomic mass is 10.1. The minimum absolute atomic E-state index is 0.0569. The van der Waals surface area contributed by atoms with Gasteiger partial charge in [-0.25, -0.2) is 4.98 Å². The molecule has 1 unspecified atom stereocenters. The van der Waals surface area contributed by atoms with Crippen LogP contribution in [-0.4, -0.2) is 27.3 Å². The van der Waals surface area contributed by atoms with Crippen molar-refractivity contribution in [2.45, 2.75) is 32.4 Å². The van der Waals surface area contributed by atoms with Gasteiger partial charge < -0.3 is 15.0 Å². The number of nitrogens with zero attached hydrogens (tertiary/aromatic N) is 2. The van der Waals surface area contributed by atoms with Gasteiger partial charge in [0, 0.05) is 18.9 Å². The van der Waals surface area contributed by atoms with Crippen molar-refractivity contribution >= 4 is 5.82 Å². The van der Waals surface area contributed by atoms with E-state index in [1.54, 1.807) is 17.0 Å². The lowest BCUT2D eigenvalue weighted by Gasteiger charge is -2.17. The Bertz CT molecular complexity index is 610. The maximum absolute atomic E-state index is 12.2. The van der Waals surface area contributed by atoms with E-state index >= 15 is 0 Å². The molecular weight excluding hydrogens is 266 g/mol. The van der Waals surface area contributed by atoms with E-state index in [9.17, 15) is 9.90 Å². The van der Waals surface area contributed by atoms with E-state index in [2.05, 4.69) is 10.3 Å². The maximum atomic E-state index is 12.2. The Balaban J connectivity index is 2.12. The highest BCUT2D eigenvalue weighted by molar-refractivity contribution is 5.33. The zero-order chi connectivity index (χ0) is 15.1. The summed E-state index contributed by atoms with van der Waals surface area (Å²) < 4.78 is 1.63. The van der Waals surface area contributed by atoms with E-state index in [0.29, 0.717) is 18.8 Å². The predicted octanol–water partition coefficient (Wildman–Crippen LogP) is 1.67. The Hall–Kier alpha value is -2.14. The van der Waals surface area contributed by atoms with E-state index in [0.717, 1.165) is 12.0 Å². The van der Waals surface area contributed by atoms with Crippen molar-refractivity contribution in [3.05, 3.63) is 58.6 Å². The van der Waals surface area contributed by atoms with Crippen LogP contribution in [0.2, 0.25) is 0 Å². The van der Waals surface area contributed by atoms with E-state index in [1.807, 2.05) is 37.3 Å². The van der Waals surface area contributed by atoms with Gasteiger partial charge in [-0.1, -0.05) is 37.3 Å². The summed E-state index contributed by atoms with van der Waals surface area (Å²) in [4.78, 5) is 16.3. The van der Waals surface area contributed by atoms with Crippen molar-refractivity contribution in [2.75, 3.05) is 11.9 Å². The van der Waals surface area contributed by atoms with Crippen LogP contribution in [0.3, 0.4) is 0 Å². The molecule has 2 aromatic rings. The fraction of sp³-hybridized carbons (Fsp3) is 0.375. The summed E-state index contributed by atoms with van der Waals surface area (Å²) in [7, 11) is 0. The van der Waals surface area contributed by atoms with Crippen LogP contribution < -0.4 is 10.9 Å². The van der Waals surface area contributed by atoms with Gasteiger partial charge >= 0.3 is 0 Å². The molecule has 0 aliphatic heterocycles. The van der Waals surface area contributed by atoms with Gasteiger partial charge in [0.05, 0.1) is 12.6 Å². The summed E-state index contributed by atoms with van der Waals surface area (Å²) in [5.41, 5.74) is 0.958. The molecule has 0 aliphatic rings. The van der Waals surface area contributed by atoms with Crippen LogP contribution in [0.15, 0.2) is 47.5 Å². The van der Waals surface area contributed by atoms with Gasteiger partial charge in [0.1, 0.15) is 0 Å². The first-order valence-corrected chi connectivity index (χ1v) is 7.21. The third-order valence-electron chi connectivity index (χ3n) is 3.26. The lowest BCUT2D eigenvalue weighted by Crippen LogP contribution is -2.32. The zero-order valence-electron chi connectivity index (χ0n) is 12.2. The minimum atomic E-state index is -0.231. The summed E-state index contributed by atoms with van der Waals surface area (Å²) in [6, 6.07) is 9.63. The minimum Gasteiger partial charge on any atom is -0.394 e. The van der Waals surface area contributed by atoms with Crippen LogP contribution in [0.1, 0.15) is 18.9 Å². The van der Waals surface area contributed by atoms with E-state index in [1.165, 1.54) is 0 Å². The first-order chi connectivity index (χ1) is 10.2. The average Bonchev–Trinajstić information content (AvgIpc) is 2.51. The number of hydrogen-bond donors (Lipinski definition) is 2. The molecule has 5 nitrogen and oxygen atoms in total. The molecule has 0 fully saturated rings. The van der Waals surface area contributed by atoms with Gasteiger partial charge in [-0.05, 0) is 18.4 Å². The smallest absolute Gasteiger partial charge is 0.293 e. The van der Waals surface area contributed by atoms with Crippen LogP contribution >= 0.6 is 0 Å². The maximum Gasteiger partial charge on any atom is 0.293 e. The molecule has 1 atom stereocenters. The van der Waals surface area contributed by atoms with Gasteiger partial charge in [-0.15, -0.1) is 0 Å². The van der Waals surface area contributed by atoms with Crippen LogP contribution in [0.5, 0.6) is 0 Å². The predicted molar refractivity (Wildman–Crippen MR) is 83.4 cm³/mol. The molecule has 0 aliphatic carbocycles. The summed E-state index contributed by atoms with van der Waals surface area (Å²) in [5, 5.41) is 12.6. The molecule has 0 amide bonds. The molecule has 0 saturated carbocycles. The molecule has 5 heteroatoms. The van der Waals surface area contributed by atoms with Gasteiger partial charge in [0.25, 0.3) is 5.56 Å². The number of aliphatic hydroxyl groups is 1. The first kappa shape index (κ1) is 15.3. The Morgan fingerprint density at radius 3 is 2.76 bits per heavy atom. The summed E-state index contributed by atoms with van der Waals surface area (Å²) in [5.74, 6) is 0.293. The second-order valence-electron chi connectivity index (χ2n) is 4.99. The molecule has 1 aromatic heterocycles. The fourth-order valence-corrected chi connectivity index (χ4v) is 2.22. The molecule has 2 N–H and O–H groups in total. The summed E-state index contributed by atoms with van der Waals surface area (Å²) in [6.45, 7) is 2.63. The van der Waals surface area contributed by atoms with Crippen molar-refractivity contribution in [3.8, 4) is 0 Å². The molecule has 21 heavy (non-hydrogen) atoms. The Morgan fingerprint density at radius 1 is 1.33 bits per heavy atom. The highest BCUT2D eigenvalue weighted by Crippen LogP contribution is 2.06. The largest absolute Gasteiger partial charge is 0.394 e. The number of rotatable bonds is 7. The molecule has 1 heterocycles. The van der Waals surface area contributed by atoms with Crippen molar-refractivity contribution in [3.63, 3.8) is 0 Å². The van der Waals surface area contributed by atoms with Gasteiger partial charge in [0.15, 0.2) is 5.82 Å². The molecular formula is C16H21N3O2. The highest BCUT2D eigenvalue weighted by Gasteiger charge is 2.12. The zero-order valence-corrected chi connectivity index (χ0v) is 12.2. The number of aromatic nitrogens is 2. The number of aliphatic hydroxyl groups excluding tert-OH is 1. The second kappa shape index (κ2) is 7.59. The third-order valence-corrected chi connectivity index (χ3v) is 3.26. The molecule has 112 valence electrons. The van der Waals surface area contributed by atoms with Gasteiger partial charge in [-0.3, -0.25) is 4.79 Å². The number of anilines is 1. The quantitative estimate of drug-likeness (QED) is 0.813. The first-order valence-electron chi connectivity index (χ1n) is 7.21. The second-order valence-corrected chi connectivity index (χ2v) is 4.99. The van der Waals surface area contributed by atoms with Gasteiger partial charge in [-0.2, -0.15) is 0 Å². The van der Waals surface area contributed by atoms with E-state index < -0.39 is 0 Å². The number of aryl methyl sites for hydroxylation is 1. The molecule has 0 radical (unpaired) electrons.